The Morgan fingerprint density at radius 2 is 1.23 bits per heavy atom. The highest BCUT2D eigenvalue weighted by Gasteiger charge is 2.24. The van der Waals surface area contributed by atoms with Gasteiger partial charge in [-0.3, -0.25) is 0 Å². The molecule has 0 heterocycles. The fourth-order valence-electron chi connectivity index (χ4n) is 3.70. The minimum atomic E-state index is 0.649. The van der Waals surface area contributed by atoms with E-state index in [0.717, 1.165) is 11.4 Å². The molecular formula is C20H26N2. The fourth-order valence-corrected chi connectivity index (χ4v) is 3.70. The van der Waals surface area contributed by atoms with Crippen LogP contribution in [0.4, 0.5) is 11.4 Å². The van der Waals surface area contributed by atoms with Crippen LogP contribution in [0.2, 0.25) is 0 Å². The minimum absolute atomic E-state index is 0.649. The van der Waals surface area contributed by atoms with Gasteiger partial charge in [0.25, 0.3) is 0 Å². The van der Waals surface area contributed by atoms with Crippen LogP contribution in [0.15, 0.2) is 36.4 Å². The Kier molecular flexibility index (Phi) is 4.10. The van der Waals surface area contributed by atoms with Crippen molar-refractivity contribution in [2.75, 3.05) is 11.5 Å². The maximum absolute atomic E-state index is 5.96. The van der Waals surface area contributed by atoms with Gasteiger partial charge in [0, 0.05) is 11.4 Å². The maximum Gasteiger partial charge on any atom is 0.0343 e. The molecule has 2 nitrogen and oxygen atoms in total. The molecule has 22 heavy (non-hydrogen) atoms. The van der Waals surface area contributed by atoms with Crippen molar-refractivity contribution in [3.8, 4) is 0 Å². The molecule has 2 atom stereocenters. The second-order valence-electron chi connectivity index (χ2n) is 6.79. The van der Waals surface area contributed by atoms with Gasteiger partial charge in [-0.15, -0.1) is 0 Å². The molecule has 1 saturated carbocycles. The van der Waals surface area contributed by atoms with E-state index in [1.54, 1.807) is 0 Å². The smallest absolute Gasteiger partial charge is 0.0343 e. The molecule has 3 rings (SSSR count). The Balaban J connectivity index is 1.81. The quantitative estimate of drug-likeness (QED) is 0.773. The summed E-state index contributed by atoms with van der Waals surface area (Å²) in [4.78, 5) is 0. The summed E-state index contributed by atoms with van der Waals surface area (Å²) >= 11 is 0. The molecule has 2 aromatic carbocycles. The average molecular weight is 294 g/mol. The third-order valence-corrected chi connectivity index (χ3v) is 5.20. The highest BCUT2D eigenvalue weighted by Crippen LogP contribution is 2.42. The number of hydrogen-bond donors (Lipinski definition) is 2. The van der Waals surface area contributed by atoms with Crippen LogP contribution in [-0.4, -0.2) is 0 Å². The van der Waals surface area contributed by atoms with Gasteiger partial charge in [-0.2, -0.15) is 0 Å². The lowest BCUT2D eigenvalue weighted by Gasteiger charge is -2.30. The van der Waals surface area contributed by atoms with Crippen molar-refractivity contribution in [2.45, 2.75) is 51.4 Å². The zero-order valence-corrected chi connectivity index (χ0v) is 13.6. The van der Waals surface area contributed by atoms with Gasteiger partial charge in [0.1, 0.15) is 0 Å². The predicted octanol–water partition coefficient (Wildman–Crippen LogP) is 4.91. The average Bonchev–Trinajstić information content (AvgIpc) is 2.53. The lowest BCUT2D eigenvalue weighted by Crippen LogP contribution is -2.13. The van der Waals surface area contributed by atoms with Gasteiger partial charge in [-0.1, -0.05) is 30.7 Å². The Morgan fingerprint density at radius 1 is 0.773 bits per heavy atom. The first kappa shape index (κ1) is 15.0. The summed E-state index contributed by atoms with van der Waals surface area (Å²) in [5.74, 6) is 1.30. The molecule has 1 fully saturated rings. The van der Waals surface area contributed by atoms with Gasteiger partial charge in [0.2, 0.25) is 0 Å². The molecule has 2 heteroatoms. The van der Waals surface area contributed by atoms with E-state index in [-0.39, 0.29) is 0 Å². The number of anilines is 2. The Bertz CT molecular complexity index is 618. The highest BCUT2D eigenvalue weighted by molar-refractivity contribution is 5.49. The van der Waals surface area contributed by atoms with E-state index < -0.39 is 0 Å². The van der Waals surface area contributed by atoms with E-state index in [1.807, 2.05) is 0 Å². The van der Waals surface area contributed by atoms with Crippen LogP contribution in [0.25, 0.3) is 0 Å². The van der Waals surface area contributed by atoms with Crippen molar-refractivity contribution in [1.29, 1.82) is 0 Å². The van der Waals surface area contributed by atoms with Gasteiger partial charge in [0.05, 0.1) is 0 Å². The van der Waals surface area contributed by atoms with Crippen molar-refractivity contribution in [3.05, 3.63) is 58.7 Å². The molecule has 2 unspecified atom stereocenters. The number of benzene rings is 2. The van der Waals surface area contributed by atoms with Crippen molar-refractivity contribution in [3.63, 3.8) is 0 Å². The molecule has 2 aromatic rings. The van der Waals surface area contributed by atoms with Gasteiger partial charge < -0.3 is 11.5 Å². The summed E-state index contributed by atoms with van der Waals surface area (Å²) in [7, 11) is 0. The Hall–Kier alpha value is -1.96. The van der Waals surface area contributed by atoms with Crippen LogP contribution in [0.3, 0.4) is 0 Å². The van der Waals surface area contributed by atoms with Crippen molar-refractivity contribution >= 4 is 11.4 Å². The number of rotatable bonds is 2. The summed E-state index contributed by atoms with van der Waals surface area (Å²) in [6.45, 7) is 4.20. The maximum atomic E-state index is 5.96. The largest absolute Gasteiger partial charge is 0.399 e. The van der Waals surface area contributed by atoms with E-state index in [9.17, 15) is 0 Å². The lowest BCUT2D eigenvalue weighted by molar-refractivity contribution is 0.394. The lowest BCUT2D eigenvalue weighted by atomic mass is 9.75. The molecular weight excluding hydrogens is 268 g/mol. The van der Waals surface area contributed by atoms with Crippen molar-refractivity contribution < 1.29 is 0 Å². The molecule has 1 aliphatic carbocycles. The second kappa shape index (κ2) is 6.04. The van der Waals surface area contributed by atoms with Crippen LogP contribution >= 0.6 is 0 Å². The SMILES string of the molecule is Cc1cc(C2CCCC(c3ccc(N)c(C)c3)C2)ccc1N. The first-order valence-electron chi connectivity index (χ1n) is 8.26. The molecule has 0 amide bonds. The van der Waals surface area contributed by atoms with E-state index in [0.29, 0.717) is 11.8 Å². The Labute approximate surface area is 133 Å². The van der Waals surface area contributed by atoms with Gasteiger partial charge in [-0.05, 0) is 79.3 Å². The topological polar surface area (TPSA) is 52.0 Å². The Morgan fingerprint density at radius 3 is 1.64 bits per heavy atom. The first-order valence-corrected chi connectivity index (χ1v) is 8.26. The molecule has 4 N–H and O–H groups in total. The van der Waals surface area contributed by atoms with E-state index in [4.69, 9.17) is 11.5 Å². The summed E-state index contributed by atoms with van der Waals surface area (Å²) < 4.78 is 0. The van der Waals surface area contributed by atoms with Crippen molar-refractivity contribution in [1.82, 2.24) is 0 Å². The zero-order valence-electron chi connectivity index (χ0n) is 13.6. The van der Waals surface area contributed by atoms with Gasteiger partial charge in [0.15, 0.2) is 0 Å². The van der Waals surface area contributed by atoms with E-state index in [2.05, 4.69) is 50.2 Å². The molecule has 0 radical (unpaired) electrons. The summed E-state index contributed by atoms with van der Waals surface area (Å²) in [5.41, 5.74) is 19.0. The molecule has 0 saturated heterocycles. The van der Waals surface area contributed by atoms with Crippen LogP contribution in [-0.2, 0) is 0 Å². The van der Waals surface area contributed by atoms with Gasteiger partial charge >= 0.3 is 0 Å². The van der Waals surface area contributed by atoms with E-state index >= 15 is 0 Å². The highest BCUT2D eigenvalue weighted by atomic mass is 14.6. The molecule has 0 aromatic heterocycles. The second-order valence-corrected chi connectivity index (χ2v) is 6.79. The molecule has 0 spiro atoms. The molecule has 116 valence electrons. The van der Waals surface area contributed by atoms with Crippen LogP contribution in [0, 0.1) is 13.8 Å². The minimum Gasteiger partial charge on any atom is -0.399 e. The molecule has 0 bridgehead atoms. The third kappa shape index (κ3) is 2.96. The standard InChI is InChI=1S/C20H26N2/c1-13-10-17(6-8-19(13)21)15-4-3-5-16(12-15)18-7-9-20(22)14(2)11-18/h6-11,15-16H,3-5,12,21-22H2,1-2H3. The number of aryl methyl sites for hydroxylation is 2. The summed E-state index contributed by atoms with van der Waals surface area (Å²) in [6, 6.07) is 13.1. The van der Waals surface area contributed by atoms with Crippen LogP contribution < -0.4 is 11.5 Å². The molecule has 0 aliphatic heterocycles. The number of nitrogen functional groups attached to an aromatic ring is 2. The first-order chi connectivity index (χ1) is 10.5. The van der Waals surface area contributed by atoms with Crippen LogP contribution in [0.5, 0.6) is 0 Å². The zero-order chi connectivity index (χ0) is 15.7. The normalized spacial score (nSPS) is 21.7. The summed E-state index contributed by atoms with van der Waals surface area (Å²) in [5, 5.41) is 0. The number of hydrogen-bond acceptors (Lipinski definition) is 2. The predicted molar refractivity (Wildman–Crippen MR) is 95.1 cm³/mol. The van der Waals surface area contributed by atoms with E-state index in [1.165, 1.54) is 47.9 Å². The summed E-state index contributed by atoms with van der Waals surface area (Å²) in [6.07, 6.45) is 5.09. The number of nitrogens with two attached hydrogens (primary N) is 2. The monoisotopic (exact) mass is 294 g/mol. The van der Waals surface area contributed by atoms with Crippen LogP contribution in [0.1, 0.15) is 59.8 Å². The fraction of sp³-hybridized carbons (Fsp3) is 0.400. The molecule has 1 aliphatic rings. The van der Waals surface area contributed by atoms with Gasteiger partial charge in [-0.25, -0.2) is 0 Å². The third-order valence-electron chi connectivity index (χ3n) is 5.20. The van der Waals surface area contributed by atoms with Crippen molar-refractivity contribution in [2.24, 2.45) is 0 Å².